The molecule has 0 saturated heterocycles. The van der Waals surface area contributed by atoms with E-state index in [1.165, 1.54) is 0 Å². The molecule has 0 heterocycles. The van der Waals surface area contributed by atoms with Crippen LogP contribution in [-0.4, -0.2) is 36.5 Å². The smallest absolute Gasteiger partial charge is 0.328 e. The van der Waals surface area contributed by atoms with Crippen LogP contribution in [0.5, 0.6) is 0 Å². The number of rotatable bonds is 6. The number of nitrogens with one attached hydrogen (secondary N) is 2. The second-order valence-electron chi connectivity index (χ2n) is 8.18. The fourth-order valence-electron chi connectivity index (χ4n) is 3.06. The van der Waals surface area contributed by atoms with E-state index >= 15 is 0 Å². The Labute approximate surface area is 161 Å². The van der Waals surface area contributed by atoms with E-state index in [2.05, 4.69) is 31.4 Å². The average Bonchev–Trinajstić information content (AvgIpc) is 3.11. The van der Waals surface area contributed by atoms with Gasteiger partial charge in [0.15, 0.2) is 6.61 Å². The van der Waals surface area contributed by atoms with Crippen molar-refractivity contribution >= 4 is 17.8 Å². The lowest BCUT2D eigenvalue weighted by molar-refractivity contribution is -0.150. The van der Waals surface area contributed by atoms with Gasteiger partial charge in [-0.3, -0.25) is 9.59 Å². The van der Waals surface area contributed by atoms with Gasteiger partial charge in [0.05, 0.1) is 0 Å². The van der Waals surface area contributed by atoms with Crippen LogP contribution in [0.2, 0.25) is 0 Å². The van der Waals surface area contributed by atoms with E-state index in [1.54, 1.807) is 19.1 Å². The summed E-state index contributed by atoms with van der Waals surface area (Å²) in [6.07, 6.45) is 4.18. The average molecular weight is 374 g/mol. The van der Waals surface area contributed by atoms with Gasteiger partial charge >= 0.3 is 5.97 Å². The molecule has 1 aliphatic carbocycles. The molecule has 148 valence electrons. The van der Waals surface area contributed by atoms with E-state index in [9.17, 15) is 14.4 Å². The number of esters is 1. The number of benzene rings is 1. The molecule has 1 saturated carbocycles. The highest BCUT2D eigenvalue weighted by Gasteiger charge is 2.21. The zero-order valence-corrected chi connectivity index (χ0v) is 16.6. The van der Waals surface area contributed by atoms with Crippen LogP contribution in [0.3, 0.4) is 0 Å². The third kappa shape index (κ3) is 6.38. The highest BCUT2D eigenvalue weighted by atomic mass is 16.5. The van der Waals surface area contributed by atoms with Crippen molar-refractivity contribution in [2.75, 3.05) is 6.61 Å². The topological polar surface area (TPSA) is 84.5 Å². The molecule has 2 rings (SSSR count). The molecule has 2 amide bonds. The Balaban J connectivity index is 1.79. The fourth-order valence-corrected chi connectivity index (χ4v) is 3.06. The zero-order chi connectivity index (χ0) is 20.0. The maximum Gasteiger partial charge on any atom is 0.328 e. The Kier molecular flexibility index (Phi) is 6.99. The molecule has 6 heteroatoms. The largest absolute Gasteiger partial charge is 0.454 e. The van der Waals surface area contributed by atoms with E-state index in [4.69, 9.17) is 4.74 Å². The minimum atomic E-state index is -0.834. The molecule has 0 aromatic heterocycles. The standard InChI is InChI=1S/C21H30N2O4/c1-14(20(26)27-13-18(24)23-17-7-5-6-8-17)22-19(25)15-9-11-16(12-10-15)21(2,3)4/h9-12,14,17H,5-8,13H2,1-4H3,(H,22,25)(H,23,24)/t14-/m0/s1. The summed E-state index contributed by atoms with van der Waals surface area (Å²) < 4.78 is 5.01. The van der Waals surface area contributed by atoms with Crippen LogP contribution in [0.25, 0.3) is 0 Å². The molecular formula is C21H30N2O4. The lowest BCUT2D eigenvalue weighted by Gasteiger charge is -2.19. The molecule has 0 spiro atoms. The molecule has 27 heavy (non-hydrogen) atoms. The summed E-state index contributed by atoms with van der Waals surface area (Å²) in [4.78, 5) is 36.1. The number of ether oxygens (including phenoxy) is 1. The highest BCUT2D eigenvalue weighted by molar-refractivity contribution is 5.96. The third-order valence-corrected chi connectivity index (χ3v) is 4.78. The molecule has 1 aromatic rings. The van der Waals surface area contributed by atoms with E-state index in [1.807, 2.05) is 12.1 Å². The first-order valence-corrected chi connectivity index (χ1v) is 9.54. The predicted molar refractivity (Wildman–Crippen MR) is 103 cm³/mol. The number of carbonyl (C=O) groups is 3. The van der Waals surface area contributed by atoms with Gasteiger partial charge in [0.1, 0.15) is 6.04 Å². The summed E-state index contributed by atoms with van der Waals surface area (Å²) >= 11 is 0. The third-order valence-electron chi connectivity index (χ3n) is 4.78. The van der Waals surface area contributed by atoms with Crippen LogP contribution < -0.4 is 10.6 Å². The SMILES string of the molecule is C[C@H](NC(=O)c1ccc(C(C)(C)C)cc1)C(=O)OCC(=O)NC1CCCC1. The minimum Gasteiger partial charge on any atom is -0.454 e. The molecule has 1 aromatic carbocycles. The fraction of sp³-hybridized carbons (Fsp3) is 0.571. The van der Waals surface area contributed by atoms with Gasteiger partial charge in [0, 0.05) is 11.6 Å². The van der Waals surface area contributed by atoms with Crippen LogP contribution in [0.4, 0.5) is 0 Å². The summed E-state index contributed by atoms with van der Waals surface area (Å²) in [6.45, 7) is 7.52. The summed E-state index contributed by atoms with van der Waals surface area (Å²) in [5.74, 6) is -1.28. The monoisotopic (exact) mass is 374 g/mol. The van der Waals surface area contributed by atoms with Crippen LogP contribution >= 0.6 is 0 Å². The van der Waals surface area contributed by atoms with E-state index in [0.717, 1.165) is 31.2 Å². The molecule has 0 radical (unpaired) electrons. The van der Waals surface area contributed by atoms with Gasteiger partial charge in [0.2, 0.25) is 0 Å². The summed E-state index contributed by atoms with van der Waals surface area (Å²) in [5.41, 5.74) is 1.60. The van der Waals surface area contributed by atoms with Crippen LogP contribution in [0, 0.1) is 0 Å². The molecule has 1 fully saturated rings. The van der Waals surface area contributed by atoms with Crippen molar-refractivity contribution in [3.63, 3.8) is 0 Å². The summed E-state index contributed by atoms with van der Waals surface area (Å²) in [5, 5.41) is 5.46. The first kappa shape index (κ1) is 20.9. The van der Waals surface area contributed by atoms with E-state index in [-0.39, 0.29) is 29.9 Å². The van der Waals surface area contributed by atoms with Gasteiger partial charge in [0.25, 0.3) is 11.8 Å². The number of carbonyl (C=O) groups excluding carboxylic acids is 3. The quantitative estimate of drug-likeness (QED) is 0.750. The van der Waals surface area contributed by atoms with Crippen molar-refractivity contribution < 1.29 is 19.1 Å². The molecule has 0 aliphatic heterocycles. The molecule has 6 nitrogen and oxygen atoms in total. The first-order valence-electron chi connectivity index (χ1n) is 9.54. The van der Waals surface area contributed by atoms with Crippen molar-refractivity contribution in [1.29, 1.82) is 0 Å². The van der Waals surface area contributed by atoms with Crippen molar-refractivity contribution in [3.05, 3.63) is 35.4 Å². The highest BCUT2D eigenvalue weighted by Crippen LogP contribution is 2.22. The van der Waals surface area contributed by atoms with Gasteiger partial charge in [-0.05, 0) is 42.9 Å². The van der Waals surface area contributed by atoms with Crippen molar-refractivity contribution in [3.8, 4) is 0 Å². The van der Waals surface area contributed by atoms with E-state index in [0.29, 0.717) is 5.56 Å². The molecule has 0 unspecified atom stereocenters. The van der Waals surface area contributed by atoms with Crippen LogP contribution in [0.15, 0.2) is 24.3 Å². The van der Waals surface area contributed by atoms with Gasteiger partial charge in [-0.15, -0.1) is 0 Å². The van der Waals surface area contributed by atoms with Crippen molar-refractivity contribution in [2.45, 2.75) is 70.9 Å². The summed E-state index contributed by atoms with van der Waals surface area (Å²) in [6, 6.07) is 6.64. The van der Waals surface area contributed by atoms with Crippen LogP contribution in [0.1, 0.15) is 69.3 Å². The predicted octanol–water partition coefficient (Wildman–Crippen LogP) is 2.70. The van der Waals surface area contributed by atoms with Crippen molar-refractivity contribution in [2.24, 2.45) is 0 Å². The number of hydrogen-bond acceptors (Lipinski definition) is 4. The molecule has 2 N–H and O–H groups in total. The van der Waals surface area contributed by atoms with Gasteiger partial charge in [-0.25, -0.2) is 4.79 Å². The molecule has 1 atom stereocenters. The minimum absolute atomic E-state index is 0.00513. The van der Waals surface area contributed by atoms with Crippen LogP contribution in [-0.2, 0) is 19.7 Å². The molecule has 0 bridgehead atoms. The summed E-state index contributed by atoms with van der Waals surface area (Å²) in [7, 11) is 0. The zero-order valence-electron chi connectivity index (χ0n) is 16.6. The normalized spacial score (nSPS) is 15.9. The maximum atomic E-state index is 12.3. The lowest BCUT2D eigenvalue weighted by Crippen LogP contribution is -2.42. The van der Waals surface area contributed by atoms with Gasteiger partial charge in [-0.2, -0.15) is 0 Å². The molecular weight excluding hydrogens is 344 g/mol. The Morgan fingerprint density at radius 3 is 2.26 bits per heavy atom. The van der Waals surface area contributed by atoms with Gasteiger partial charge < -0.3 is 15.4 Å². The Hall–Kier alpha value is -2.37. The Morgan fingerprint density at radius 1 is 1.11 bits per heavy atom. The second kappa shape index (κ2) is 9.02. The van der Waals surface area contributed by atoms with Crippen molar-refractivity contribution in [1.82, 2.24) is 10.6 Å². The van der Waals surface area contributed by atoms with Gasteiger partial charge in [-0.1, -0.05) is 45.7 Å². The number of hydrogen-bond donors (Lipinski definition) is 2. The first-order chi connectivity index (χ1) is 12.7. The van der Waals surface area contributed by atoms with E-state index < -0.39 is 12.0 Å². The second-order valence-corrected chi connectivity index (χ2v) is 8.18. The number of amides is 2. The lowest BCUT2D eigenvalue weighted by atomic mass is 9.86. The molecule has 1 aliphatic rings. The maximum absolute atomic E-state index is 12.3. The Morgan fingerprint density at radius 2 is 1.70 bits per heavy atom. The Bertz CT molecular complexity index is 670.